The average molecular weight is 459 g/mol. The normalized spacial score (nSPS) is 19.2. The summed E-state index contributed by atoms with van der Waals surface area (Å²) in [4.78, 5) is 0. The number of ether oxygens (including phenoxy) is 1. The van der Waals surface area contributed by atoms with Gasteiger partial charge < -0.3 is 4.74 Å². The van der Waals surface area contributed by atoms with E-state index in [1.165, 1.54) is 102 Å². The van der Waals surface area contributed by atoms with E-state index in [2.05, 4.69) is 73.3 Å². The molecule has 2 atom stereocenters. The van der Waals surface area contributed by atoms with Crippen molar-refractivity contribution < 1.29 is 4.74 Å². The maximum Gasteiger partial charge on any atom is 0.0925 e. The molecule has 1 heterocycles. The van der Waals surface area contributed by atoms with Crippen LogP contribution in [0, 0.1) is 0 Å². The lowest BCUT2D eigenvalue weighted by Gasteiger charge is -2.31. The van der Waals surface area contributed by atoms with Gasteiger partial charge in [0, 0.05) is 11.5 Å². The first-order valence-corrected chi connectivity index (χ1v) is 14.4. The van der Waals surface area contributed by atoms with Crippen LogP contribution in [0.4, 0.5) is 0 Å². The number of hydrogen-bond acceptors (Lipinski definition) is 2. The molecule has 0 amide bonds. The molecule has 1 aliphatic rings. The van der Waals surface area contributed by atoms with Gasteiger partial charge in [-0.05, 0) is 44.3 Å². The molecule has 0 saturated carbocycles. The molecule has 1 nitrogen and oxygen atoms in total. The maximum absolute atomic E-state index is 6.71. The summed E-state index contributed by atoms with van der Waals surface area (Å²) in [5.74, 6) is 2.22. The van der Waals surface area contributed by atoms with Gasteiger partial charge in [0.25, 0.3) is 0 Å². The van der Waals surface area contributed by atoms with E-state index in [4.69, 9.17) is 4.74 Å². The molecule has 4 aromatic rings. The van der Waals surface area contributed by atoms with Crippen LogP contribution in [0.3, 0.4) is 0 Å². The fraction of sp³-hybridized carbons (Fsp3) is 0.484. The van der Waals surface area contributed by atoms with Crippen LogP contribution in [0.1, 0.15) is 82.8 Å². The molecule has 4 aromatic carbocycles. The van der Waals surface area contributed by atoms with Gasteiger partial charge in [0.15, 0.2) is 0 Å². The van der Waals surface area contributed by atoms with Gasteiger partial charge in [-0.15, -0.1) is 0 Å². The second-order valence-corrected chi connectivity index (χ2v) is 11.0. The fourth-order valence-electron chi connectivity index (χ4n) is 5.65. The monoisotopic (exact) mass is 458 g/mol. The molecule has 33 heavy (non-hydrogen) atoms. The third kappa shape index (κ3) is 5.17. The molecular weight excluding hydrogens is 420 g/mol. The Bertz CT molecular complexity index is 1150. The summed E-state index contributed by atoms with van der Waals surface area (Å²) in [5.41, 5.74) is 1.38. The van der Waals surface area contributed by atoms with Crippen LogP contribution in [-0.2, 0) is 4.74 Å². The van der Waals surface area contributed by atoms with Crippen molar-refractivity contribution >= 4 is 44.1 Å². The van der Waals surface area contributed by atoms with Crippen molar-refractivity contribution in [3.8, 4) is 0 Å². The van der Waals surface area contributed by atoms with Crippen LogP contribution >= 0.6 is 11.8 Å². The van der Waals surface area contributed by atoms with Crippen molar-refractivity contribution in [3.05, 3.63) is 60.2 Å². The second-order valence-electron chi connectivity index (χ2n) is 9.91. The number of unbranched alkanes of at least 4 members (excludes halogenated alkanes) is 8. The SMILES string of the molecule is CCCCCCCCCCC[C@H]1CSC[C@@H](c2ccc3ccc4cccc5ccc2c3c45)O1. The van der Waals surface area contributed by atoms with Crippen LogP contribution in [0.15, 0.2) is 54.6 Å². The molecule has 0 N–H and O–H groups in total. The maximum atomic E-state index is 6.71. The summed E-state index contributed by atoms with van der Waals surface area (Å²) in [5, 5.41) is 8.22. The highest BCUT2D eigenvalue weighted by molar-refractivity contribution is 7.99. The Hall–Kier alpha value is -1.77. The fourth-order valence-corrected chi connectivity index (χ4v) is 6.77. The van der Waals surface area contributed by atoms with Crippen LogP contribution < -0.4 is 0 Å². The largest absolute Gasteiger partial charge is 0.369 e. The van der Waals surface area contributed by atoms with Crippen LogP contribution in [0.25, 0.3) is 32.3 Å². The van der Waals surface area contributed by atoms with Crippen molar-refractivity contribution in [1.82, 2.24) is 0 Å². The van der Waals surface area contributed by atoms with Gasteiger partial charge in [-0.25, -0.2) is 0 Å². The molecule has 2 heteroatoms. The van der Waals surface area contributed by atoms with E-state index in [0.29, 0.717) is 6.10 Å². The Morgan fingerprint density at radius 3 is 2.09 bits per heavy atom. The van der Waals surface area contributed by atoms with Crippen LogP contribution in [-0.4, -0.2) is 17.6 Å². The molecule has 5 rings (SSSR count). The first-order chi connectivity index (χ1) is 16.3. The molecule has 0 bridgehead atoms. The average Bonchev–Trinajstić information content (AvgIpc) is 2.86. The van der Waals surface area contributed by atoms with E-state index in [9.17, 15) is 0 Å². The minimum absolute atomic E-state index is 0.205. The Labute approximate surface area is 203 Å². The summed E-state index contributed by atoms with van der Waals surface area (Å²) in [6, 6.07) is 20.4. The molecule has 0 aliphatic carbocycles. The molecule has 0 spiro atoms. The predicted octanol–water partition coefficient (Wildman–Crippen LogP) is 9.68. The van der Waals surface area contributed by atoms with Gasteiger partial charge in [0.1, 0.15) is 0 Å². The molecular formula is C31H38OS. The molecule has 0 aromatic heterocycles. The molecule has 174 valence electrons. The van der Waals surface area contributed by atoms with E-state index < -0.39 is 0 Å². The molecule has 0 unspecified atom stereocenters. The van der Waals surface area contributed by atoms with Crippen molar-refractivity contribution in [2.45, 2.75) is 83.3 Å². The van der Waals surface area contributed by atoms with Crippen molar-refractivity contribution in [1.29, 1.82) is 0 Å². The topological polar surface area (TPSA) is 9.23 Å². The minimum atomic E-state index is 0.205. The Balaban J connectivity index is 1.22. The van der Waals surface area contributed by atoms with Crippen LogP contribution in [0.5, 0.6) is 0 Å². The van der Waals surface area contributed by atoms with Gasteiger partial charge in [-0.2, -0.15) is 11.8 Å². The lowest BCUT2D eigenvalue weighted by atomic mass is 9.90. The number of benzene rings is 4. The standard InChI is InChI=1S/C31H38OS/c1-2-3-4-5-6-7-8-9-10-14-26-21-33-22-29(32-26)27-19-17-25-16-15-23-12-11-13-24-18-20-28(27)31(25)30(23)24/h11-13,15-20,26,29H,2-10,14,21-22H2,1H3/t26-,29-/m0/s1. The summed E-state index contributed by atoms with van der Waals surface area (Å²) in [6.07, 6.45) is 14.3. The zero-order valence-electron chi connectivity index (χ0n) is 20.2. The number of rotatable bonds is 11. The Morgan fingerprint density at radius 1 is 0.697 bits per heavy atom. The van der Waals surface area contributed by atoms with E-state index in [1.54, 1.807) is 0 Å². The highest BCUT2D eigenvalue weighted by Gasteiger charge is 2.26. The summed E-state index contributed by atoms with van der Waals surface area (Å²) in [6.45, 7) is 2.29. The van der Waals surface area contributed by atoms with E-state index >= 15 is 0 Å². The van der Waals surface area contributed by atoms with Crippen molar-refractivity contribution in [3.63, 3.8) is 0 Å². The predicted molar refractivity (Wildman–Crippen MR) is 147 cm³/mol. The Kier molecular flexibility index (Phi) is 7.74. The third-order valence-corrected chi connectivity index (χ3v) is 8.61. The minimum Gasteiger partial charge on any atom is -0.369 e. The molecule has 0 radical (unpaired) electrons. The quantitative estimate of drug-likeness (QED) is 0.163. The van der Waals surface area contributed by atoms with Crippen molar-refractivity contribution in [2.24, 2.45) is 0 Å². The van der Waals surface area contributed by atoms with Gasteiger partial charge >= 0.3 is 0 Å². The lowest BCUT2D eigenvalue weighted by Crippen LogP contribution is -2.26. The summed E-state index contributed by atoms with van der Waals surface area (Å²) >= 11 is 2.08. The Morgan fingerprint density at radius 2 is 1.33 bits per heavy atom. The van der Waals surface area contributed by atoms with Gasteiger partial charge in [0.05, 0.1) is 12.2 Å². The molecule has 1 aliphatic heterocycles. The number of thioether (sulfide) groups is 1. The van der Waals surface area contributed by atoms with E-state index in [-0.39, 0.29) is 6.10 Å². The first kappa shape index (κ1) is 23.0. The smallest absolute Gasteiger partial charge is 0.0925 e. The first-order valence-electron chi connectivity index (χ1n) is 13.2. The molecule has 1 saturated heterocycles. The molecule has 1 fully saturated rings. The second kappa shape index (κ2) is 11.1. The number of hydrogen-bond donors (Lipinski definition) is 0. The van der Waals surface area contributed by atoms with E-state index in [0.717, 1.165) is 11.5 Å². The van der Waals surface area contributed by atoms with Gasteiger partial charge in [-0.1, -0.05) is 119 Å². The summed E-state index contributed by atoms with van der Waals surface area (Å²) < 4.78 is 6.71. The lowest BCUT2D eigenvalue weighted by molar-refractivity contribution is 0.00166. The van der Waals surface area contributed by atoms with Gasteiger partial charge in [0.2, 0.25) is 0 Å². The van der Waals surface area contributed by atoms with Gasteiger partial charge in [-0.3, -0.25) is 0 Å². The van der Waals surface area contributed by atoms with Crippen molar-refractivity contribution in [2.75, 3.05) is 11.5 Å². The summed E-state index contributed by atoms with van der Waals surface area (Å²) in [7, 11) is 0. The van der Waals surface area contributed by atoms with Crippen LogP contribution in [0.2, 0.25) is 0 Å². The highest BCUT2D eigenvalue weighted by Crippen LogP contribution is 2.40. The van der Waals surface area contributed by atoms with E-state index in [1.807, 2.05) is 0 Å². The zero-order valence-corrected chi connectivity index (χ0v) is 21.0. The zero-order chi connectivity index (χ0) is 22.5. The highest BCUT2D eigenvalue weighted by atomic mass is 32.2. The third-order valence-electron chi connectivity index (χ3n) is 7.47.